The van der Waals surface area contributed by atoms with Gasteiger partial charge in [0.1, 0.15) is 0 Å². The third-order valence-electron chi connectivity index (χ3n) is 3.43. The van der Waals surface area contributed by atoms with Crippen molar-refractivity contribution in [1.29, 1.82) is 0 Å². The Balaban J connectivity index is 1.95. The summed E-state index contributed by atoms with van der Waals surface area (Å²) in [6.45, 7) is 0.0217. The van der Waals surface area contributed by atoms with Crippen LogP contribution in [0.25, 0.3) is 21.3 Å². The summed E-state index contributed by atoms with van der Waals surface area (Å²) in [5, 5.41) is 9.62. The quantitative estimate of drug-likeness (QED) is 0.681. The van der Waals surface area contributed by atoms with Gasteiger partial charge in [-0.3, -0.25) is 0 Å². The van der Waals surface area contributed by atoms with E-state index in [1.54, 1.807) is 0 Å². The van der Waals surface area contributed by atoms with E-state index in [-0.39, 0.29) is 6.61 Å². The summed E-state index contributed by atoms with van der Waals surface area (Å²) in [7, 11) is 0. The molecule has 3 aromatic rings. The molecule has 0 aliphatic rings. The third kappa shape index (κ3) is 3.42. The van der Waals surface area contributed by atoms with E-state index in [9.17, 15) is 13.2 Å². The first-order valence-electron chi connectivity index (χ1n) is 7.16. The van der Waals surface area contributed by atoms with Crippen LogP contribution in [-0.2, 0) is 6.18 Å². The monoisotopic (exact) mass is 347 g/mol. The molecule has 1 heterocycles. The van der Waals surface area contributed by atoms with Crippen molar-refractivity contribution in [3.8, 4) is 23.1 Å². The van der Waals surface area contributed by atoms with Crippen LogP contribution in [0.4, 0.5) is 13.2 Å². The molecule has 0 unspecified atom stereocenters. The molecule has 122 valence electrons. The number of hydrogen-bond acceptors (Lipinski definition) is 3. The van der Waals surface area contributed by atoms with Gasteiger partial charge in [0.05, 0.1) is 22.6 Å². The van der Waals surface area contributed by atoms with Crippen LogP contribution in [-0.4, -0.2) is 16.1 Å². The molecule has 0 spiro atoms. The van der Waals surface area contributed by atoms with Gasteiger partial charge in [-0.25, -0.2) is 0 Å². The fourth-order valence-corrected chi connectivity index (χ4v) is 3.10. The van der Waals surface area contributed by atoms with Gasteiger partial charge in [-0.15, -0.1) is 0 Å². The molecule has 0 radical (unpaired) electrons. The van der Waals surface area contributed by atoms with E-state index in [1.165, 1.54) is 23.7 Å². The maximum absolute atomic E-state index is 12.6. The molecule has 6 heteroatoms. The first-order valence-corrected chi connectivity index (χ1v) is 7.93. The number of alkyl halides is 3. The Morgan fingerprint density at radius 1 is 1.08 bits per heavy atom. The summed E-state index contributed by atoms with van der Waals surface area (Å²) in [6, 6.07) is 10.6. The van der Waals surface area contributed by atoms with Crippen molar-refractivity contribution in [2.24, 2.45) is 0 Å². The van der Waals surface area contributed by atoms with Crippen LogP contribution in [0, 0.1) is 11.8 Å². The van der Waals surface area contributed by atoms with Gasteiger partial charge in [0, 0.05) is 22.9 Å². The lowest BCUT2D eigenvalue weighted by atomic mass is 10.0. The van der Waals surface area contributed by atoms with E-state index < -0.39 is 11.7 Å². The Kier molecular flexibility index (Phi) is 4.56. The van der Waals surface area contributed by atoms with E-state index in [0.717, 1.165) is 27.8 Å². The molecule has 0 amide bonds. The maximum Gasteiger partial charge on any atom is 0.416 e. The molecule has 0 aliphatic carbocycles. The minimum absolute atomic E-state index is 0.0217. The Hall–Kier alpha value is -2.36. The molecule has 24 heavy (non-hydrogen) atoms. The van der Waals surface area contributed by atoms with Crippen LogP contribution in [0.1, 0.15) is 17.5 Å². The summed E-state index contributed by atoms with van der Waals surface area (Å²) in [6.07, 6.45) is -3.93. The van der Waals surface area contributed by atoms with Crippen molar-refractivity contribution in [3.05, 3.63) is 53.6 Å². The highest BCUT2D eigenvalue weighted by Crippen LogP contribution is 2.34. The highest BCUT2D eigenvalue weighted by atomic mass is 32.1. The van der Waals surface area contributed by atoms with Crippen molar-refractivity contribution in [2.75, 3.05) is 6.61 Å². The molecule has 2 nitrogen and oxygen atoms in total. The predicted molar refractivity (Wildman–Crippen MR) is 88.6 cm³/mol. The standard InChI is InChI=1S/C18H12F3NOS/c19-18(20,21)14-7-5-13(6-8-14)17-15-9-4-12(3-1-2-10-23)11-16(15)24-22-17/h4-9,11,23H,2,10H2. The summed E-state index contributed by atoms with van der Waals surface area (Å²) in [4.78, 5) is 0. The second kappa shape index (κ2) is 6.63. The molecule has 0 bridgehead atoms. The van der Waals surface area contributed by atoms with Crippen LogP contribution >= 0.6 is 11.5 Å². The normalized spacial score (nSPS) is 11.3. The molecule has 0 aliphatic heterocycles. The average Bonchev–Trinajstić information content (AvgIpc) is 2.97. The molecule has 3 rings (SSSR count). The number of aliphatic hydroxyl groups excluding tert-OH is 1. The first kappa shape index (κ1) is 16.5. The van der Waals surface area contributed by atoms with E-state index in [1.807, 2.05) is 18.2 Å². The van der Waals surface area contributed by atoms with E-state index in [4.69, 9.17) is 5.11 Å². The largest absolute Gasteiger partial charge is 0.416 e. The number of nitrogens with zero attached hydrogens (tertiary/aromatic N) is 1. The van der Waals surface area contributed by atoms with E-state index in [2.05, 4.69) is 16.2 Å². The summed E-state index contributed by atoms with van der Waals surface area (Å²) in [5.41, 5.74) is 1.46. The fraction of sp³-hybridized carbons (Fsp3) is 0.167. The molecule has 0 saturated carbocycles. The number of rotatable bonds is 2. The number of benzene rings is 2. The minimum Gasteiger partial charge on any atom is -0.395 e. The SMILES string of the molecule is OCCC#Cc1ccc2c(-c3ccc(C(F)(F)F)cc3)nsc2c1. The zero-order chi connectivity index (χ0) is 17.2. The van der Waals surface area contributed by atoms with Crippen molar-refractivity contribution >= 4 is 21.6 Å². The van der Waals surface area contributed by atoms with Gasteiger partial charge in [-0.05, 0) is 35.8 Å². The first-order chi connectivity index (χ1) is 11.5. The van der Waals surface area contributed by atoms with Crippen molar-refractivity contribution in [3.63, 3.8) is 0 Å². The topological polar surface area (TPSA) is 33.1 Å². The second-order valence-corrected chi connectivity index (χ2v) is 5.90. The number of aliphatic hydroxyl groups is 1. The molecule has 0 atom stereocenters. The van der Waals surface area contributed by atoms with Gasteiger partial charge in [-0.2, -0.15) is 17.5 Å². The predicted octanol–water partition coefficient (Wildman–Crippen LogP) is 4.72. The zero-order valence-electron chi connectivity index (χ0n) is 12.4. The van der Waals surface area contributed by atoms with Crippen LogP contribution in [0.5, 0.6) is 0 Å². The van der Waals surface area contributed by atoms with Gasteiger partial charge in [0.2, 0.25) is 0 Å². The molecular formula is C18H12F3NOS. The molecular weight excluding hydrogens is 335 g/mol. The van der Waals surface area contributed by atoms with Gasteiger partial charge >= 0.3 is 6.18 Å². The number of halogens is 3. The minimum atomic E-state index is -4.34. The zero-order valence-corrected chi connectivity index (χ0v) is 13.2. The van der Waals surface area contributed by atoms with Crippen LogP contribution in [0.2, 0.25) is 0 Å². The highest BCUT2D eigenvalue weighted by molar-refractivity contribution is 7.13. The Bertz CT molecular complexity index is 917. The van der Waals surface area contributed by atoms with Crippen LogP contribution in [0.3, 0.4) is 0 Å². The third-order valence-corrected chi connectivity index (χ3v) is 4.24. The Morgan fingerprint density at radius 3 is 2.50 bits per heavy atom. The molecule has 2 aromatic carbocycles. The molecule has 1 aromatic heterocycles. The lowest BCUT2D eigenvalue weighted by Gasteiger charge is -2.06. The number of fused-ring (bicyclic) bond motifs is 1. The summed E-state index contributed by atoms with van der Waals surface area (Å²) in [5.74, 6) is 5.81. The van der Waals surface area contributed by atoms with Crippen LogP contribution in [0.15, 0.2) is 42.5 Å². The maximum atomic E-state index is 12.6. The smallest absolute Gasteiger partial charge is 0.395 e. The van der Waals surface area contributed by atoms with E-state index in [0.29, 0.717) is 17.7 Å². The Labute approximate surface area is 140 Å². The second-order valence-electron chi connectivity index (χ2n) is 5.09. The Morgan fingerprint density at radius 2 is 1.83 bits per heavy atom. The molecule has 0 fully saturated rings. The average molecular weight is 347 g/mol. The van der Waals surface area contributed by atoms with Crippen molar-refractivity contribution < 1.29 is 18.3 Å². The van der Waals surface area contributed by atoms with Crippen molar-refractivity contribution in [2.45, 2.75) is 12.6 Å². The van der Waals surface area contributed by atoms with Gasteiger partial charge in [0.15, 0.2) is 0 Å². The molecule has 1 N–H and O–H groups in total. The fourth-order valence-electron chi connectivity index (χ4n) is 2.26. The summed E-state index contributed by atoms with van der Waals surface area (Å²) < 4.78 is 43.2. The number of aromatic nitrogens is 1. The van der Waals surface area contributed by atoms with Gasteiger partial charge in [0.25, 0.3) is 0 Å². The lowest BCUT2D eigenvalue weighted by molar-refractivity contribution is -0.137. The van der Waals surface area contributed by atoms with Crippen LogP contribution < -0.4 is 0 Å². The highest BCUT2D eigenvalue weighted by Gasteiger charge is 2.30. The number of hydrogen-bond donors (Lipinski definition) is 1. The lowest BCUT2D eigenvalue weighted by Crippen LogP contribution is -2.03. The molecule has 0 saturated heterocycles. The van der Waals surface area contributed by atoms with E-state index >= 15 is 0 Å². The van der Waals surface area contributed by atoms with Crippen molar-refractivity contribution in [1.82, 2.24) is 4.37 Å². The van der Waals surface area contributed by atoms with Gasteiger partial charge in [-0.1, -0.05) is 30.0 Å². The summed E-state index contributed by atoms with van der Waals surface area (Å²) >= 11 is 1.28. The van der Waals surface area contributed by atoms with Gasteiger partial charge < -0.3 is 5.11 Å².